The fourth-order valence-electron chi connectivity index (χ4n) is 1.80. The predicted octanol–water partition coefficient (Wildman–Crippen LogP) is 2.84. The first-order valence-corrected chi connectivity index (χ1v) is 5.92. The second-order valence-corrected chi connectivity index (χ2v) is 4.25. The summed E-state index contributed by atoms with van der Waals surface area (Å²) in [6.07, 6.45) is 0. The highest BCUT2D eigenvalue weighted by Crippen LogP contribution is 2.23. The minimum atomic E-state index is -0.241. The van der Waals surface area contributed by atoms with Crippen LogP contribution < -0.4 is 15.8 Å². The van der Waals surface area contributed by atoms with Crippen molar-refractivity contribution in [3.63, 3.8) is 0 Å². The molecular formula is C15H16N2O2. The number of ether oxygens (including phenoxy) is 1. The van der Waals surface area contributed by atoms with E-state index in [4.69, 9.17) is 10.5 Å². The van der Waals surface area contributed by atoms with Crippen LogP contribution in [0.3, 0.4) is 0 Å². The van der Waals surface area contributed by atoms with E-state index >= 15 is 0 Å². The number of nitrogen functional groups attached to an aromatic ring is 1. The van der Waals surface area contributed by atoms with Gasteiger partial charge >= 0.3 is 0 Å². The van der Waals surface area contributed by atoms with Gasteiger partial charge in [-0.2, -0.15) is 0 Å². The van der Waals surface area contributed by atoms with Crippen LogP contribution in [0.25, 0.3) is 0 Å². The van der Waals surface area contributed by atoms with Gasteiger partial charge in [0.05, 0.1) is 24.0 Å². The monoisotopic (exact) mass is 256 g/mol. The van der Waals surface area contributed by atoms with Gasteiger partial charge in [0.2, 0.25) is 0 Å². The summed E-state index contributed by atoms with van der Waals surface area (Å²) in [5, 5.41) is 2.80. The van der Waals surface area contributed by atoms with Crippen molar-refractivity contribution >= 4 is 17.3 Å². The molecule has 2 aromatic rings. The molecule has 0 heterocycles. The van der Waals surface area contributed by atoms with Crippen molar-refractivity contribution < 1.29 is 9.53 Å². The van der Waals surface area contributed by atoms with Crippen molar-refractivity contribution in [3.8, 4) is 5.75 Å². The number of nitrogens with two attached hydrogens (primary N) is 1. The molecule has 2 aromatic carbocycles. The summed E-state index contributed by atoms with van der Waals surface area (Å²) in [5.41, 5.74) is 8.49. The number of carbonyl (C=O) groups is 1. The lowest BCUT2D eigenvalue weighted by atomic mass is 10.1. The average Bonchev–Trinajstić information content (AvgIpc) is 2.42. The van der Waals surface area contributed by atoms with Crippen LogP contribution in [0, 0.1) is 6.92 Å². The Bertz CT molecular complexity index is 609. The Hall–Kier alpha value is -2.49. The Kier molecular flexibility index (Phi) is 3.71. The van der Waals surface area contributed by atoms with Gasteiger partial charge in [0.1, 0.15) is 5.75 Å². The number of para-hydroxylation sites is 1. The molecule has 0 spiro atoms. The molecule has 4 nitrogen and oxygen atoms in total. The maximum absolute atomic E-state index is 12.2. The first kappa shape index (κ1) is 13.0. The zero-order valence-corrected chi connectivity index (χ0v) is 10.9. The summed E-state index contributed by atoms with van der Waals surface area (Å²) in [6, 6.07) is 12.6. The predicted molar refractivity (Wildman–Crippen MR) is 76.5 cm³/mol. The number of anilines is 2. The highest BCUT2D eigenvalue weighted by molar-refractivity contribution is 6.07. The topological polar surface area (TPSA) is 64.3 Å². The molecule has 0 bridgehead atoms. The largest absolute Gasteiger partial charge is 0.496 e. The molecule has 0 aliphatic carbocycles. The molecule has 0 saturated carbocycles. The van der Waals surface area contributed by atoms with E-state index in [1.165, 1.54) is 7.11 Å². The molecule has 0 radical (unpaired) electrons. The van der Waals surface area contributed by atoms with Gasteiger partial charge in [-0.25, -0.2) is 0 Å². The van der Waals surface area contributed by atoms with Crippen LogP contribution >= 0.6 is 0 Å². The molecule has 0 aliphatic rings. The minimum absolute atomic E-state index is 0.241. The van der Waals surface area contributed by atoms with Crippen molar-refractivity contribution in [1.82, 2.24) is 0 Å². The van der Waals surface area contributed by atoms with E-state index in [-0.39, 0.29) is 5.91 Å². The SMILES string of the molecule is COc1ccccc1C(=O)Nc1cc(C)ccc1N. The van der Waals surface area contributed by atoms with Crippen molar-refractivity contribution in [2.24, 2.45) is 0 Å². The molecule has 3 N–H and O–H groups in total. The van der Waals surface area contributed by atoms with Gasteiger partial charge in [-0.05, 0) is 36.8 Å². The van der Waals surface area contributed by atoms with E-state index in [1.807, 2.05) is 25.1 Å². The summed E-state index contributed by atoms with van der Waals surface area (Å²) in [6.45, 7) is 1.94. The minimum Gasteiger partial charge on any atom is -0.496 e. The average molecular weight is 256 g/mol. The van der Waals surface area contributed by atoms with Crippen molar-refractivity contribution in [2.75, 3.05) is 18.2 Å². The zero-order chi connectivity index (χ0) is 13.8. The van der Waals surface area contributed by atoms with Gasteiger partial charge in [-0.15, -0.1) is 0 Å². The highest BCUT2D eigenvalue weighted by Gasteiger charge is 2.12. The number of aryl methyl sites for hydroxylation is 1. The Morgan fingerprint density at radius 1 is 1.21 bits per heavy atom. The van der Waals surface area contributed by atoms with E-state index in [0.717, 1.165) is 5.56 Å². The fraction of sp³-hybridized carbons (Fsp3) is 0.133. The molecule has 0 atom stereocenters. The van der Waals surface area contributed by atoms with Crippen molar-refractivity contribution in [3.05, 3.63) is 53.6 Å². The molecule has 0 aromatic heterocycles. The Balaban J connectivity index is 2.28. The van der Waals surface area contributed by atoms with Crippen LogP contribution in [-0.2, 0) is 0 Å². The summed E-state index contributed by atoms with van der Waals surface area (Å²) in [7, 11) is 1.53. The summed E-state index contributed by atoms with van der Waals surface area (Å²) in [4.78, 5) is 12.2. The van der Waals surface area contributed by atoms with Crippen LogP contribution in [0.1, 0.15) is 15.9 Å². The second-order valence-electron chi connectivity index (χ2n) is 4.25. The summed E-state index contributed by atoms with van der Waals surface area (Å²) < 4.78 is 5.17. The molecule has 4 heteroatoms. The molecular weight excluding hydrogens is 240 g/mol. The maximum atomic E-state index is 12.2. The van der Waals surface area contributed by atoms with Gasteiger partial charge < -0.3 is 15.8 Å². The normalized spacial score (nSPS) is 10.0. The maximum Gasteiger partial charge on any atom is 0.259 e. The Labute approximate surface area is 112 Å². The van der Waals surface area contributed by atoms with E-state index < -0.39 is 0 Å². The summed E-state index contributed by atoms with van der Waals surface area (Å²) >= 11 is 0. The first-order chi connectivity index (χ1) is 9.11. The van der Waals surface area contributed by atoms with Crippen LogP contribution in [0.4, 0.5) is 11.4 Å². The van der Waals surface area contributed by atoms with Crippen LogP contribution in [0.5, 0.6) is 5.75 Å². The number of carbonyl (C=O) groups excluding carboxylic acids is 1. The molecule has 19 heavy (non-hydrogen) atoms. The second kappa shape index (κ2) is 5.44. The third-order valence-corrected chi connectivity index (χ3v) is 2.81. The lowest BCUT2D eigenvalue weighted by Gasteiger charge is -2.11. The third kappa shape index (κ3) is 2.85. The number of hydrogen-bond donors (Lipinski definition) is 2. The van der Waals surface area contributed by atoms with Gasteiger partial charge in [0.25, 0.3) is 5.91 Å². The molecule has 0 unspecified atom stereocenters. The standard InChI is InChI=1S/C15H16N2O2/c1-10-7-8-12(16)13(9-10)17-15(18)11-5-3-4-6-14(11)19-2/h3-9H,16H2,1-2H3,(H,17,18). The number of nitrogens with one attached hydrogen (secondary N) is 1. The van der Waals surface area contributed by atoms with Crippen molar-refractivity contribution in [2.45, 2.75) is 6.92 Å². The lowest BCUT2D eigenvalue weighted by Crippen LogP contribution is -2.14. The third-order valence-electron chi connectivity index (χ3n) is 2.81. The van der Waals surface area contributed by atoms with Gasteiger partial charge in [-0.3, -0.25) is 4.79 Å². The van der Waals surface area contributed by atoms with Gasteiger partial charge in [0, 0.05) is 0 Å². The Morgan fingerprint density at radius 3 is 2.68 bits per heavy atom. The highest BCUT2D eigenvalue weighted by atomic mass is 16.5. The Morgan fingerprint density at radius 2 is 1.95 bits per heavy atom. The van der Waals surface area contributed by atoms with Crippen LogP contribution in [0.2, 0.25) is 0 Å². The van der Waals surface area contributed by atoms with Crippen molar-refractivity contribution in [1.29, 1.82) is 0 Å². The first-order valence-electron chi connectivity index (χ1n) is 5.92. The fourth-order valence-corrected chi connectivity index (χ4v) is 1.80. The van der Waals surface area contributed by atoms with Gasteiger partial charge in [-0.1, -0.05) is 18.2 Å². The van der Waals surface area contributed by atoms with E-state index in [0.29, 0.717) is 22.7 Å². The number of amides is 1. The lowest BCUT2D eigenvalue weighted by molar-refractivity contribution is 0.102. The number of rotatable bonds is 3. The number of hydrogen-bond acceptors (Lipinski definition) is 3. The molecule has 0 saturated heterocycles. The zero-order valence-electron chi connectivity index (χ0n) is 10.9. The van der Waals surface area contributed by atoms with E-state index in [2.05, 4.69) is 5.32 Å². The molecule has 0 fully saturated rings. The van der Waals surface area contributed by atoms with Gasteiger partial charge in [0.15, 0.2) is 0 Å². The van der Waals surface area contributed by atoms with E-state index in [9.17, 15) is 4.79 Å². The molecule has 98 valence electrons. The number of benzene rings is 2. The number of methoxy groups -OCH3 is 1. The van der Waals surface area contributed by atoms with E-state index in [1.54, 1.807) is 24.3 Å². The quantitative estimate of drug-likeness (QED) is 0.830. The molecule has 2 rings (SSSR count). The summed E-state index contributed by atoms with van der Waals surface area (Å²) in [5.74, 6) is 0.293. The van der Waals surface area contributed by atoms with Crippen LogP contribution in [-0.4, -0.2) is 13.0 Å². The molecule has 0 aliphatic heterocycles. The van der Waals surface area contributed by atoms with Crippen LogP contribution in [0.15, 0.2) is 42.5 Å². The molecule has 1 amide bonds. The smallest absolute Gasteiger partial charge is 0.259 e.